The van der Waals surface area contributed by atoms with Gasteiger partial charge >= 0.3 is 0 Å². The van der Waals surface area contributed by atoms with Crippen LogP contribution in [0, 0.1) is 0 Å². The third kappa shape index (κ3) is 9.25. The van der Waals surface area contributed by atoms with E-state index in [1.807, 2.05) is 34.9 Å². The first-order valence-corrected chi connectivity index (χ1v) is 20.9. The van der Waals surface area contributed by atoms with Crippen LogP contribution < -0.4 is 20.9 Å². The third-order valence-electron chi connectivity index (χ3n) is 6.34. The molecule has 1 aromatic carbocycles. The number of benzene rings is 1. The number of ether oxygens (including phenoxy) is 1. The van der Waals surface area contributed by atoms with Crippen molar-refractivity contribution in [3.63, 3.8) is 0 Å². The molecule has 0 spiro atoms. The first-order chi connectivity index (χ1) is 18.7. The van der Waals surface area contributed by atoms with Crippen molar-refractivity contribution in [1.82, 2.24) is 25.0 Å². The zero-order chi connectivity index (χ0) is 26.6. The highest BCUT2D eigenvalue weighted by Crippen LogP contribution is 2.32. The van der Waals surface area contributed by atoms with Crippen LogP contribution in [0.4, 0.5) is 17.5 Å². The molecule has 4 rings (SSSR count). The first kappa shape index (κ1) is 29.9. The van der Waals surface area contributed by atoms with Crippen LogP contribution in [0.25, 0.3) is 11.0 Å². The predicted molar refractivity (Wildman–Crippen MR) is 173 cm³/mol. The second kappa shape index (κ2) is 16.2. The van der Waals surface area contributed by atoms with Crippen molar-refractivity contribution < 1.29 is 14.2 Å². The minimum absolute atomic E-state index is 0.0582. The molecule has 2 unspecified atom stereocenters. The minimum Gasteiger partial charge on any atom is -0.494 e. The number of hydrogen-bond acceptors (Lipinski definition) is 8. The molecule has 0 radical (unpaired) electrons. The van der Waals surface area contributed by atoms with Gasteiger partial charge in [0.15, 0.2) is 5.65 Å². The fourth-order valence-electron chi connectivity index (χ4n) is 4.40. The molecule has 3 N–H and O–H groups in total. The van der Waals surface area contributed by atoms with Gasteiger partial charge in [0.05, 0.1) is 24.6 Å². The summed E-state index contributed by atoms with van der Waals surface area (Å²) < 4.78 is 12.7. The van der Waals surface area contributed by atoms with Gasteiger partial charge in [-0.15, -0.1) is 0 Å². The molecule has 0 bridgehead atoms. The van der Waals surface area contributed by atoms with Crippen molar-refractivity contribution in [2.45, 2.75) is 70.3 Å². The molecule has 2 heterocycles. The number of hydroxylamine groups is 1. The lowest BCUT2D eigenvalue weighted by Gasteiger charge is -2.23. The van der Waals surface area contributed by atoms with Crippen molar-refractivity contribution in [1.29, 1.82) is 0 Å². The van der Waals surface area contributed by atoms with Crippen LogP contribution in [-0.2, 0) is 9.42 Å². The van der Waals surface area contributed by atoms with E-state index in [9.17, 15) is 4.79 Å². The van der Waals surface area contributed by atoms with Gasteiger partial charge in [0, 0.05) is 18.2 Å². The van der Waals surface area contributed by atoms with Crippen molar-refractivity contribution in [3.05, 3.63) is 30.5 Å². The van der Waals surface area contributed by atoms with Crippen LogP contribution in [0.2, 0.25) is 0 Å². The van der Waals surface area contributed by atoms with E-state index < -0.39 is 0 Å². The van der Waals surface area contributed by atoms with E-state index in [1.165, 1.54) is 32.1 Å². The zero-order valence-corrected chi connectivity index (χ0v) is 27.3. The fraction of sp³-hybridized carbons (Fsp3) is 0.500. The Morgan fingerprint density at radius 3 is 2.61 bits per heavy atom. The van der Waals surface area contributed by atoms with E-state index in [0.29, 0.717) is 31.4 Å². The molecule has 2 atom stereocenters. The molecule has 3 aromatic rings. The lowest BCUT2D eigenvalue weighted by Crippen LogP contribution is -2.23. The summed E-state index contributed by atoms with van der Waals surface area (Å²) in [6.07, 6.45) is 12.8. The molecule has 10 nitrogen and oxygen atoms in total. The lowest BCUT2D eigenvalue weighted by molar-refractivity contribution is -0.127. The number of fused-ring (bicyclic) bond motifs is 1. The highest BCUT2D eigenvalue weighted by molar-refractivity contribution is 14.2. The van der Waals surface area contributed by atoms with Crippen LogP contribution >= 0.6 is 56.9 Å². The molecule has 1 saturated carbocycles. The average molecular weight is 783 g/mol. The van der Waals surface area contributed by atoms with Gasteiger partial charge in [-0.2, -0.15) is 15.1 Å². The molecular weight excluding hydrogens is 750 g/mol. The van der Waals surface area contributed by atoms with Crippen LogP contribution in [0.15, 0.2) is 30.5 Å². The number of hydrogen-bond donors (Lipinski definition) is 3. The number of halogens is 2. The number of carbonyl (C=O) groups is 1. The van der Waals surface area contributed by atoms with E-state index in [2.05, 4.69) is 65.3 Å². The Morgan fingerprint density at radius 2 is 1.84 bits per heavy atom. The average Bonchev–Trinajstić information content (AvgIpc) is 3.36. The van der Waals surface area contributed by atoms with Crippen LogP contribution in [-0.4, -0.2) is 38.1 Å². The highest BCUT2D eigenvalue weighted by Gasteiger charge is 2.18. The number of carbonyl (C=O) groups excluding carboxylic acids is 1. The Bertz CT molecular complexity index is 1160. The van der Waals surface area contributed by atoms with Gasteiger partial charge in [-0.05, 0) is 94.0 Å². The summed E-state index contributed by atoms with van der Waals surface area (Å²) in [6, 6.07) is 8.31. The summed E-state index contributed by atoms with van der Waals surface area (Å²) >= 11 is 4.39. The smallest absolute Gasteiger partial charge is 0.243 e. The monoisotopic (exact) mass is 783 g/mol. The Morgan fingerprint density at radius 1 is 1.05 bits per heavy atom. The van der Waals surface area contributed by atoms with Crippen molar-refractivity contribution >= 4 is 91.3 Å². The lowest BCUT2D eigenvalue weighted by atomic mass is 9.95. The van der Waals surface area contributed by atoms with Crippen LogP contribution in [0.5, 0.6) is 5.75 Å². The van der Waals surface area contributed by atoms with Gasteiger partial charge < -0.3 is 15.4 Å². The number of rotatable bonds is 15. The van der Waals surface area contributed by atoms with Gasteiger partial charge in [-0.3, -0.25) is 4.79 Å². The number of unbranched alkanes of at least 4 members (excludes halogenated alkanes) is 3. The summed E-state index contributed by atoms with van der Waals surface area (Å²) in [5.41, 5.74) is 4.16. The van der Waals surface area contributed by atoms with Gasteiger partial charge in [-0.25, -0.2) is 14.6 Å². The molecule has 206 valence electrons. The summed E-state index contributed by atoms with van der Waals surface area (Å²) in [7, 11) is 0. The minimum atomic E-state index is -0.0582. The maximum atomic E-state index is 11.5. The van der Waals surface area contributed by atoms with Gasteiger partial charge in [0.2, 0.25) is 11.9 Å². The van der Waals surface area contributed by atoms with Gasteiger partial charge in [-0.1, -0.05) is 32.1 Å². The molecule has 0 aliphatic heterocycles. The van der Waals surface area contributed by atoms with Crippen molar-refractivity contribution in [2.75, 3.05) is 17.2 Å². The first-order valence-electron chi connectivity index (χ1n) is 12.9. The molecule has 0 saturated heterocycles. The maximum Gasteiger partial charge on any atom is 0.243 e. The largest absolute Gasteiger partial charge is 0.494 e. The molecule has 1 aliphatic carbocycles. The molecule has 1 amide bonds. The van der Waals surface area contributed by atoms with Crippen molar-refractivity contribution in [3.8, 4) is 5.75 Å². The van der Waals surface area contributed by atoms with E-state index in [1.54, 1.807) is 0 Å². The highest BCUT2D eigenvalue weighted by atomic mass is 127. The van der Waals surface area contributed by atoms with Gasteiger partial charge in [0.25, 0.3) is 0 Å². The topological polar surface area (TPSA) is 115 Å². The number of aromatic nitrogens is 4. The number of nitrogens with one attached hydrogen (secondary N) is 3. The second-order valence-corrected chi connectivity index (χ2v) is 12.8. The second-order valence-electron chi connectivity index (χ2n) is 9.12. The molecule has 14 heteroatoms. The van der Waals surface area contributed by atoms with Crippen molar-refractivity contribution in [2.24, 2.45) is 0 Å². The third-order valence-corrected chi connectivity index (χ3v) is 9.03. The Hall–Kier alpha value is -1.08. The van der Waals surface area contributed by atoms with E-state index in [-0.39, 0.29) is 12.4 Å². The molecular formula is C24H33I2N7O3P2. The Labute approximate surface area is 252 Å². The molecule has 2 aromatic heterocycles. The van der Waals surface area contributed by atoms with Crippen LogP contribution in [0.1, 0.15) is 64.2 Å². The number of amides is 1. The summed E-state index contributed by atoms with van der Waals surface area (Å²) in [4.78, 5) is 21.1. The number of nitrogens with zero attached hydrogens (tertiary/aromatic N) is 4. The normalized spacial score (nSPS) is 14.6. The summed E-state index contributed by atoms with van der Waals surface area (Å²) in [5, 5.41) is 12.5. The Balaban J connectivity index is 1.27. The van der Waals surface area contributed by atoms with Gasteiger partial charge in [0.1, 0.15) is 18.0 Å². The fourth-order valence-corrected chi connectivity index (χ4v) is 6.29. The Kier molecular flexibility index (Phi) is 12.8. The number of anilines is 3. The quantitative estimate of drug-likeness (QED) is 0.0632. The van der Waals surface area contributed by atoms with E-state index in [4.69, 9.17) is 19.3 Å². The zero-order valence-electron chi connectivity index (χ0n) is 21.0. The maximum absolute atomic E-state index is 11.5. The summed E-state index contributed by atoms with van der Waals surface area (Å²) in [6.45, 7) is 0.884. The standard InChI is InChI=1S/C24H33I2N7O3P2/c25-37-33-23-20(16-27-33)22(28-17-8-4-3-5-9-17)30-24(31-23)29-18-11-13-19(14-12-18)35-15-7-2-1-6-10-21(34)32-36-38-26/h11-14,16-17,37-38H,1-10,15H2,(H,32,34)(H2,28,29,30,31). The molecule has 38 heavy (non-hydrogen) atoms. The predicted octanol–water partition coefficient (Wildman–Crippen LogP) is 7.43. The summed E-state index contributed by atoms with van der Waals surface area (Å²) in [5.74, 6) is 2.17. The van der Waals surface area contributed by atoms with Crippen LogP contribution in [0.3, 0.4) is 0 Å². The van der Waals surface area contributed by atoms with E-state index in [0.717, 1.165) is 54.0 Å². The molecule has 1 aliphatic rings. The SMILES string of the molecule is O=C(CCCCCCOc1ccc(Nc2nc(NC3CCCCC3)c3cnn(PI)c3n2)cc1)NOPI. The van der Waals surface area contributed by atoms with E-state index >= 15 is 0 Å². The molecule has 1 fully saturated rings.